The quantitative estimate of drug-likeness (QED) is 0.507. The van der Waals surface area contributed by atoms with Crippen molar-refractivity contribution in [1.82, 2.24) is 0 Å². The monoisotopic (exact) mass is 186 g/mol. The number of carbonyl (C=O) groups is 1. The highest BCUT2D eigenvalue weighted by Crippen LogP contribution is 2.19. The number of esters is 1. The van der Waals surface area contributed by atoms with Gasteiger partial charge in [-0.05, 0) is 13.3 Å². The molecule has 0 rings (SSSR count). The maximum absolute atomic E-state index is 11.1. The Kier molecular flexibility index (Phi) is 5.39. The molecule has 0 spiro atoms. The van der Waals surface area contributed by atoms with Crippen molar-refractivity contribution in [2.75, 3.05) is 6.61 Å². The molecule has 13 heavy (non-hydrogen) atoms. The Morgan fingerprint density at radius 3 is 2.62 bits per heavy atom. The largest absolute Gasteiger partial charge is 0.466 e. The second-order valence-electron chi connectivity index (χ2n) is 3.04. The Hall–Kier alpha value is -0.830. The Morgan fingerprint density at radius 1 is 1.62 bits per heavy atom. The molecule has 0 saturated heterocycles. The maximum atomic E-state index is 11.1. The molecule has 0 aromatic heterocycles. The average Bonchev–Trinajstić information content (AvgIpc) is 2.05. The van der Waals surface area contributed by atoms with Crippen molar-refractivity contribution in [3.63, 3.8) is 0 Å². The fourth-order valence-corrected chi connectivity index (χ4v) is 1.16. The van der Waals surface area contributed by atoms with E-state index < -0.39 is 5.60 Å². The van der Waals surface area contributed by atoms with E-state index in [0.717, 1.165) is 6.42 Å². The molecule has 1 N–H and O–H groups in total. The third-order valence-corrected chi connectivity index (χ3v) is 1.82. The lowest BCUT2D eigenvalue weighted by atomic mass is 9.94. The lowest BCUT2D eigenvalue weighted by molar-refractivity contribution is -0.147. The standard InChI is InChI=1S/C10H18O3/c1-4-7-10(12,5-2)8-9(11)13-6-3/h5,12H,2,4,6-8H2,1,3H3. The lowest BCUT2D eigenvalue weighted by Gasteiger charge is -2.22. The zero-order chi connectivity index (χ0) is 10.3. The summed E-state index contributed by atoms with van der Waals surface area (Å²) in [6, 6.07) is 0. The van der Waals surface area contributed by atoms with Crippen LogP contribution in [0.25, 0.3) is 0 Å². The number of hydrogen-bond acceptors (Lipinski definition) is 3. The molecule has 0 aliphatic rings. The van der Waals surface area contributed by atoms with Crippen molar-refractivity contribution < 1.29 is 14.6 Å². The minimum atomic E-state index is -1.10. The summed E-state index contributed by atoms with van der Waals surface area (Å²) in [5.74, 6) is -0.377. The van der Waals surface area contributed by atoms with Crippen molar-refractivity contribution >= 4 is 5.97 Å². The number of rotatable bonds is 6. The molecule has 0 aliphatic heterocycles. The van der Waals surface area contributed by atoms with E-state index >= 15 is 0 Å². The molecule has 1 unspecified atom stereocenters. The minimum Gasteiger partial charge on any atom is -0.466 e. The van der Waals surface area contributed by atoms with Crippen LogP contribution >= 0.6 is 0 Å². The highest BCUT2D eigenvalue weighted by molar-refractivity contribution is 5.71. The van der Waals surface area contributed by atoms with Gasteiger partial charge in [0.1, 0.15) is 0 Å². The van der Waals surface area contributed by atoms with Crippen LogP contribution in [0.3, 0.4) is 0 Å². The van der Waals surface area contributed by atoms with Gasteiger partial charge in [0.2, 0.25) is 0 Å². The molecule has 3 heteroatoms. The van der Waals surface area contributed by atoms with Crippen molar-refractivity contribution in [2.24, 2.45) is 0 Å². The summed E-state index contributed by atoms with van der Waals surface area (Å²) in [6.07, 6.45) is 2.75. The SMILES string of the molecule is C=CC(O)(CCC)CC(=O)OCC. The predicted molar refractivity (Wildman–Crippen MR) is 51.3 cm³/mol. The zero-order valence-corrected chi connectivity index (χ0v) is 8.38. The van der Waals surface area contributed by atoms with Crippen molar-refractivity contribution in [1.29, 1.82) is 0 Å². The van der Waals surface area contributed by atoms with Crippen LogP contribution in [0.2, 0.25) is 0 Å². The molecule has 0 fully saturated rings. The number of carbonyl (C=O) groups excluding carboxylic acids is 1. The predicted octanol–water partition coefficient (Wildman–Crippen LogP) is 1.66. The van der Waals surface area contributed by atoms with Gasteiger partial charge in [-0.3, -0.25) is 4.79 Å². The molecule has 0 aromatic carbocycles. The summed E-state index contributed by atoms with van der Waals surface area (Å²) < 4.78 is 4.74. The first kappa shape index (κ1) is 12.2. The van der Waals surface area contributed by atoms with E-state index in [2.05, 4.69) is 6.58 Å². The summed E-state index contributed by atoms with van der Waals surface area (Å²) in [6.45, 7) is 7.54. The first-order valence-electron chi connectivity index (χ1n) is 4.59. The second kappa shape index (κ2) is 5.75. The summed E-state index contributed by atoms with van der Waals surface area (Å²) in [5, 5.41) is 9.80. The van der Waals surface area contributed by atoms with E-state index in [9.17, 15) is 9.90 Å². The van der Waals surface area contributed by atoms with Gasteiger partial charge in [-0.25, -0.2) is 0 Å². The molecule has 0 aliphatic carbocycles. The van der Waals surface area contributed by atoms with Gasteiger partial charge >= 0.3 is 5.97 Å². The Labute approximate surface area is 79.4 Å². The van der Waals surface area contributed by atoms with Crippen LogP contribution in [-0.4, -0.2) is 23.3 Å². The number of aliphatic hydroxyl groups is 1. The van der Waals surface area contributed by atoms with Crippen LogP contribution in [-0.2, 0) is 9.53 Å². The van der Waals surface area contributed by atoms with Crippen LogP contribution < -0.4 is 0 Å². The van der Waals surface area contributed by atoms with E-state index in [0.29, 0.717) is 13.0 Å². The highest BCUT2D eigenvalue weighted by Gasteiger charge is 2.25. The van der Waals surface area contributed by atoms with Gasteiger partial charge in [0, 0.05) is 0 Å². The molecular weight excluding hydrogens is 168 g/mol. The maximum Gasteiger partial charge on any atom is 0.309 e. The van der Waals surface area contributed by atoms with Gasteiger partial charge in [0.05, 0.1) is 18.6 Å². The van der Waals surface area contributed by atoms with Crippen LogP contribution in [0.15, 0.2) is 12.7 Å². The summed E-state index contributed by atoms with van der Waals surface area (Å²) in [5.41, 5.74) is -1.10. The molecule has 0 saturated carbocycles. The van der Waals surface area contributed by atoms with Gasteiger partial charge in [-0.2, -0.15) is 0 Å². The average molecular weight is 186 g/mol. The molecule has 0 radical (unpaired) electrons. The Bertz CT molecular complexity index is 177. The topological polar surface area (TPSA) is 46.5 Å². The summed E-state index contributed by atoms with van der Waals surface area (Å²) in [7, 11) is 0. The van der Waals surface area contributed by atoms with Crippen molar-refractivity contribution in [3.8, 4) is 0 Å². The molecule has 0 heterocycles. The fourth-order valence-electron chi connectivity index (χ4n) is 1.16. The lowest BCUT2D eigenvalue weighted by Crippen LogP contribution is -2.29. The van der Waals surface area contributed by atoms with E-state index in [1.165, 1.54) is 6.08 Å². The fraction of sp³-hybridized carbons (Fsp3) is 0.700. The van der Waals surface area contributed by atoms with Crippen LogP contribution in [0, 0.1) is 0 Å². The minimum absolute atomic E-state index is 0.00181. The zero-order valence-electron chi connectivity index (χ0n) is 8.38. The molecule has 1 atom stereocenters. The van der Waals surface area contributed by atoms with Crippen LogP contribution in [0.1, 0.15) is 33.1 Å². The first-order chi connectivity index (χ1) is 6.08. The van der Waals surface area contributed by atoms with Crippen molar-refractivity contribution in [3.05, 3.63) is 12.7 Å². The van der Waals surface area contributed by atoms with Crippen LogP contribution in [0.4, 0.5) is 0 Å². The molecule has 76 valence electrons. The van der Waals surface area contributed by atoms with Gasteiger partial charge in [-0.1, -0.05) is 19.4 Å². The molecule has 0 amide bonds. The van der Waals surface area contributed by atoms with Crippen LogP contribution in [0.5, 0.6) is 0 Å². The van der Waals surface area contributed by atoms with E-state index in [-0.39, 0.29) is 12.4 Å². The molecule has 0 aromatic rings. The van der Waals surface area contributed by atoms with E-state index in [1.807, 2.05) is 6.92 Å². The highest BCUT2D eigenvalue weighted by atomic mass is 16.5. The van der Waals surface area contributed by atoms with E-state index in [1.54, 1.807) is 6.92 Å². The normalized spacial score (nSPS) is 14.7. The first-order valence-corrected chi connectivity index (χ1v) is 4.59. The smallest absolute Gasteiger partial charge is 0.309 e. The molecular formula is C10H18O3. The summed E-state index contributed by atoms with van der Waals surface area (Å²) in [4.78, 5) is 11.1. The molecule has 0 bridgehead atoms. The van der Waals surface area contributed by atoms with Gasteiger partial charge in [0.25, 0.3) is 0 Å². The second-order valence-corrected chi connectivity index (χ2v) is 3.04. The van der Waals surface area contributed by atoms with E-state index in [4.69, 9.17) is 4.74 Å². The van der Waals surface area contributed by atoms with Gasteiger partial charge in [-0.15, -0.1) is 6.58 Å². The molecule has 3 nitrogen and oxygen atoms in total. The third-order valence-electron chi connectivity index (χ3n) is 1.82. The van der Waals surface area contributed by atoms with Crippen molar-refractivity contribution in [2.45, 2.75) is 38.7 Å². The summed E-state index contributed by atoms with van der Waals surface area (Å²) >= 11 is 0. The number of ether oxygens (including phenoxy) is 1. The van der Waals surface area contributed by atoms with Gasteiger partial charge < -0.3 is 9.84 Å². The third kappa shape index (κ3) is 4.68. The number of hydrogen-bond donors (Lipinski definition) is 1. The Morgan fingerprint density at radius 2 is 2.23 bits per heavy atom. The Balaban J connectivity index is 4.09. The van der Waals surface area contributed by atoms with Gasteiger partial charge in [0.15, 0.2) is 0 Å².